The Labute approximate surface area is 247 Å². The number of fused-ring (bicyclic) bond motifs is 3. The maximum Gasteiger partial charge on any atom is 0.407 e. The van der Waals surface area contributed by atoms with Crippen LogP contribution in [0.15, 0.2) is 72.8 Å². The molecule has 1 aliphatic rings. The number of aliphatic carboxylic acids is 1. The number of carbonyl (C=O) groups excluding carboxylic acids is 2. The maximum atomic E-state index is 13.4. The molecule has 222 valence electrons. The molecular formula is C34H40N2O6. The zero-order chi connectivity index (χ0) is 30.4. The van der Waals surface area contributed by atoms with Crippen LogP contribution in [0.3, 0.4) is 0 Å². The van der Waals surface area contributed by atoms with E-state index >= 15 is 0 Å². The summed E-state index contributed by atoms with van der Waals surface area (Å²) in [4.78, 5) is 38.4. The highest BCUT2D eigenvalue weighted by Crippen LogP contribution is 2.44. The van der Waals surface area contributed by atoms with Gasteiger partial charge in [0.05, 0.1) is 0 Å². The van der Waals surface area contributed by atoms with Gasteiger partial charge in [-0.1, -0.05) is 80.9 Å². The summed E-state index contributed by atoms with van der Waals surface area (Å²) in [7, 11) is 0. The molecule has 0 heterocycles. The minimum Gasteiger partial charge on any atom is -0.488 e. The normalized spacial score (nSPS) is 14.6. The number of nitrogens with one attached hydrogen (secondary N) is 2. The highest BCUT2D eigenvalue weighted by molar-refractivity contribution is 5.89. The second kappa shape index (κ2) is 13.1. The first kappa shape index (κ1) is 30.6. The van der Waals surface area contributed by atoms with E-state index in [-0.39, 0.29) is 30.5 Å². The monoisotopic (exact) mass is 572 g/mol. The van der Waals surface area contributed by atoms with Crippen molar-refractivity contribution in [3.63, 3.8) is 0 Å². The van der Waals surface area contributed by atoms with E-state index < -0.39 is 30.1 Å². The van der Waals surface area contributed by atoms with Gasteiger partial charge < -0.3 is 25.2 Å². The van der Waals surface area contributed by atoms with Gasteiger partial charge in [0.2, 0.25) is 5.91 Å². The van der Waals surface area contributed by atoms with Gasteiger partial charge in [0.15, 0.2) is 0 Å². The average Bonchev–Trinajstić information content (AvgIpc) is 3.27. The SMILES string of the molecule is CC[C@H](C)[C@H](NC(=O)[C@H](Cc1ccc(OC(C)(C)C)cc1)NC(=O)OCC1c2ccccc2-c2ccccc21)C(=O)O. The Morgan fingerprint density at radius 3 is 1.98 bits per heavy atom. The topological polar surface area (TPSA) is 114 Å². The lowest BCUT2D eigenvalue weighted by atomic mass is 9.98. The molecule has 0 aromatic heterocycles. The van der Waals surface area contributed by atoms with Crippen molar-refractivity contribution in [3.05, 3.63) is 89.5 Å². The molecule has 3 aromatic rings. The van der Waals surface area contributed by atoms with Gasteiger partial charge in [-0.3, -0.25) is 4.79 Å². The highest BCUT2D eigenvalue weighted by atomic mass is 16.5. The molecule has 0 saturated carbocycles. The van der Waals surface area contributed by atoms with Crippen molar-refractivity contribution < 1.29 is 29.0 Å². The largest absolute Gasteiger partial charge is 0.488 e. The lowest BCUT2D eigenvalue weighted by Gasteiger charge is -2.25. The number of carbonyl (C=O) groups is 3. The number of amides is 2. The quantitative estimate of drug-likeness (QED) is 0.263. The highest BCUT2D eigenvalue weighted by Gasteiger charge is 2.32. The molecule has 3 N–H and O–H groups in total. The number of hydrogen-bond donors (Lipinski definition) is 3. The van der Waals surface area contributed by atoms with Crippen LogP contribution in [-0.4, -0.2) is 47.4 Å². The van der Waals surface area contributed by atoms with Gasteiger partial charge in [-0.2, -0.15) is 0 Å². The lowest BCUT2D eigenvalue weighted by Crippen LogP contribution is -2.54. The van der Waals surface area contributed by atoms with Gasteiger partial charge in [-0.25, -0.2) is 9.59 Å². The van der Waals surface area contributed by atoms with Crippen molar-refractivity contribution in [2.45, 2.75) is 71.1 Å². The summed E-state index contributed by atoms with van der Waals surface area (Å²) in [6.07, 6.45) is -0.0459. The molecule has 0 bridgehead atoms. The molecular weight excluding hydrogens is 532 g/mol. The second-order valence-corrected chi connectivity index (χ2v) is 11.8. The number of benzene rings is 3. The van der Waals surface area contributed by atoms with Crippen LogP contribution in [0.2, 0.25) is 0 Å². The number of carboxylic acid groups (broad SMARTS) is 1. The fraction of sp³-hybridized carbons (Fsp3) is 0.382. The van der Waals surface area contributed by atoms with E-state index in [1.54, 1.807) is 6.92 Å². The number of ether oxygens (including phenoxy) is 2. The van der Waals surface area contributed by atoms with Gasteiger partial charge in [-0.05, 0) is 66.6 Å². The summed E-state index contributed by atoms with van der Waals surface area (Å²) in [5, 5.41) is 15.0. The minimum atomic E-state index is -1.12. The first-order chi connectivity index (χ1) is 20.0. The van der Waals surface area contributed by atoms with E-state index in [0.29, 0.717) is 12.2 Å². The zero-order valence-electron chi connectivity index (χ0n) is 24.8. The number of rotatable bonds is 11. The molecule has 0 spiro atoms. The van der Waals surface area contributed by atoms with E-state index in [9.17, 15) is 19.5 Å². The first-order valence-corrected chi connectivity index (χ1v) is 14.4. The third-order valence-corrected chi connectivity index (χ3v) is 7.52. The van der Waals surface area contributed by atoms with Crippen molar-refractivity contribution in [3.8, 4) is 16.9 Å². The van der Waals surface area contributed by atoms with Crippen LogP contribution in [0, 0.1) is 5.92 Å². The molecule has 0 saturated heterocycles. The Morgan fingerprint density at radius 2 is 1.45 bits per heavy atom. The van der Waals surface area contributed by atoms with E-state index in [0.717, 1.165) is 27.8 Å². The van der Waals surface area contributed by atoms with Crippen LogP contribution in [-0.2, 0) is 20.7 Å². The average molecular weight is 573 g/mol. The Kier molecular flexibility index (Phi) is 9.55. The Hall–Kier alpha value is -4.33. The molecule has 0 aliphatic heterocycles. The molecule has 3 aromatic carbocycles. The van der Waals surface area contributed by atoms with Crippen molar-refractivity contribution in [2.24, 2.45) is 5.92 Å². The van der Waals surface area contributed by atoms with Gasteiger partial charge in [0.1, 0.15) is 30.0 Å². The smallest absolute Gasteiger partial charge is 0.407 e. The van der Waals surface area contributed by atoms with E-state index in [1.807, 2.05) is 88.4 Å². The third-order valence-electron chi connectivity index (χ3n) is 7.52. The maximum absolute atomic E-state index is 13.4. The molecule has 8 nitrogen and oxygen atoms in total. The third kappa shape index (κ3) is 7.49. The Morgan fingerprint density at radius 1 is 0.881 bits per heavy atom. The van der Waals surface area contributed by atoms with Crippen LogP contribution < -0.4 is 15.4 Å². The van der Waals surface area contributed by atoms with Gasteiger partial charge in [-0.15, -0.1) is 0 Å². The van der Waals surface area contributed by atoms with Gasteiger partial charge >= 0.3 is 12.1 Å². The van der Waals surface area contributed by atoms with E-state index in [4.69, 9.17) is 9.47 Å². The van der Waals surface area contributed by atoms with Gasteiger partial charge in [0.25, 0.3) is 0 Å². The van der Waals surface area contributed by atoms with Crippen molar-refractivity contribution >= 4 is 18.0 Å². The molecule has 4 rings (SSSR count). The predicted octanol–water partition coefficient (Wildman–Crippen LogP) is 5.93. The zero-order valence-corrected chi connectivity index (χ0v) is 24.8. The van der Waals surface area contributed by atoms with Crippen LogP contribution in [0.25, 0.3) is 11.1 Å². The summed E-state index contributed by atoms with van der Waals surface area (Å²) < 4.78 is 11.6. The minimum absolute atomic E-state index is 0.0949. The van der Waals surface area contributed by atoms with E-state index in [2.05, 4.69) is 22.8 Å². The standard InChI is InChI=1S/C34H40N2O6/c1-6-21(2)30(32(38)39)36-31(37)29(19-22-15-17-23(18-16-22)42-34(3,4)5)35-33(40)41-20-28-26-13-9-7-11-24(26)25-12-8-10-14-27(25)28/h7-18,21,28-30H,6,19-20H2,1-5H3,(H,35,40)(H,36,37)(H,38,39)/t21-,29-,30-/m0/s1. The second-order valence-electron chi connectivity index (χ2n) is 11.8. The summed E-state index contributed by atoms with van der Waals surface area (Å²) >= 11 is 0. The Bertz CT molecular complexity index is 1370. The fourth-order valence-electron chi connectivity index (χ4n) is 5.21. The molecule has 1 aliphatic carbocycles. The fourth-order valence-corrected chi connectivity index (χ4v) is 5.21. The van der Waals surface area contributed by atoms with Crippen molar-refractivity contribution in [2.75, 3.05) is 6.61 Å². The molecule has 8 heteroatoms. The number of hydrogen-bond acceptors (Lipinski definition) is 5. The molecule has 42 heavy (non-hydrogen) atoms. The van der Waals surface area contributed by atoms with Gasteiger partial charge in [0, 0.05) is 12.3 Å². The summed E-state index contributed by atoms with van der Waals surface area (Å²) in [5.41, 5.74) is 4.79. The Balaban J connectivity index is 1.49. The number of carboxylic acids is 1. The molecule has 0 radical (unpaired) electrons. The van der Waals surface area contributed by atoms with Crippen LogP contribution in [0.5, 0.6) is 5.75 Å². The van der Waals surface area contributed by atoms with Crippen LogP contribution in [0.1, 0.15) is 63.6 Å². The molecule has 2 amide bonds. The molecule has 3 atom stereocenters. The summed E-state index contributed by atoms with van der Waals surface area (Å²) in [6.45, 7) is 9.58. The predicted molar refractivity (Wildman–Crippen MR) is 162 cm³/mol. The van der Waals surface area contributed by atoms with Crippen molar-refractivity contribution in [1.29, 1.82) is 0 Å². The van der Waals surface area contributed by atoms with Crippen LogP contribution >= 0.6 is 0 Å². The summed E-state index contributed by atoms with van der Waals surface area (Å²) in [5.74, 6) is -1.46. The van der Waals surface area contributed by atoms with Crippen LogP contribution in [0.4, 0.5) is 4.79 Å². The molecule has 0 fully saturated rings. The number of alkyl carbamates (subject to hydrolysis) is 1. The lowest BCUT2D eigenvalue weighted by molar-refractivity contribution is -0.143. The van der Waals surface area contributed by atoms with Crippen molar-refractivity contribution in [1.82, 2.24) is 10.6 Å². The first-order valence-electron chi connectivity index (χ1n) is 14.4. The summed E-state index contributed by atoms with van der Waals surface area (Å²) in [6, 6.07) is 21.2. The molecule has 0 unspecified atom stereocenters. The van der Waals surface area contributed by atoms with E-state index in [1.165, 1.54) is 0 Å².